The molecule has 1 aliphatic rings. The third-order valence-electron chi connectivity index (χ3n) is 11.9. The highest BCUT2D eigenvalue weighted by Gasteiger charge is 2.50. The third-order valence-corrected chi connectivity index (χ3v) is 11.9. The van der Waals surface area contributed by atoms with Crippen LogP contribution in [0.5, 0.6) is 0 Å². The number of hydrogen-bond acceptors (Lipinski definition) is 0. The summed E-state index contributed by atoms with van der Waals surface area (Å²) in [4.78, 5) is 0. The van der Waals surface area contributed by atoms with Gasteiger partial charge in [0.15, 0.2) is 0 Å². The second kappa shape index (κ2) is 16.4. The summed E-state index contributed by atoms with van der Waals surface area (Å²) in [5.41, 5.74) is 9.81. The van der Waals surface area contributed by atoms with E-state index >= 15 is 0 Å². The van der Waals surface area contributed by atoms with Crippen molar-refractivity contribution in [2.45, 2.75) is 23.7 Å². The van der Waals surface area contributed by atoms with Crippen LogP contribution in [0.25, 0.3) is 39.0 Å². The molecule has 2 unspecified atom stereocenters. The summed E-state index contributed by atoms with van der Waals surface area (Å²) in [6.07, 6.45) is -6.51. The number of alkyl halides is 6. The maximum absolute atomic E-state index is 13.5. The van der Waals surface area contributed by atoms with Crippen molar-refractivity contribution < 1.29 is 26.3 Å². The Labute approximate surface area is 356 Å². The van der Waals surface area contributed by atoms with Crippen LogP contribution in [0.4, 0.5) is 26.3 Å². The predicted molar refractivity (Wildman–Crippen MR) is 238 cm³/mol. The Morgan fingerprint density at radius 2 is 0.677 bits per heavy atom. The van der Waals surface area contributed by atoms with Gasteiger partial charge in [-0.1, -0.05) is 200 Å². The molecule has 0 bridgehead atoms. The first-order valence-electron chi connectivity index (χ1n) is 20.3. The van der Waals surface area contributed by atoms with Gasteiger partial charge < -0.3 is 0 Å². The third kappa shape index (κ3) is 7.58. The summed E-state index contributed by atoms with van der Waals surface area (Å²) in [7, 11) is 0. The smallest absolute Gasteiger partial charge is 0.166 e. The van der Waals surface area contributed by atoms with Gasteiger partial charge in [-0.25, -0.2) is 0 Å². The average molecular weight is 825 g/mol. The number of benzene rings is 8. The summed E-state index contributed by atoms with van der Waals surface area (Å²) >= 11 is 0. The molecule has 304 valence electrons. The first kappa shape index (κ1) is 40.2. The zero-order valence-electron chi connectivity index (χ0n) is 33.2. The van der Waals surface area contributed by atoms with Gasteiger partial charge in [-0.2, -0.15) is 26.3 Å². The van der Waals surface area contributed by atoms with E-state index in [9.17, 15) is 26.3 Å². The van der Waals surface area contributed by atoms with Crippen LogP contribution in [0.3, 0.4) is 0 Å². The molecule has 0 saturated heterocycles. The molecule has 9 rings (SSSR count). The minimum Gasteiger partial charge on any atom is -0.166 e. The quantitative estimate of drug-likeness (QED) is 0.134. The van der Waals surface area contributed by atoms with Crippen molar-refractivity contribution in [1.82, 2.24) is 0 Å². The van der Waals surface area contributed by atoms with E-state index in [4.69, 9.17) is 0 Å². The predicted octanol–water partition coefficient (Wildman–Crippen LogP) is 15.8. The summed E-state index contributed by atoms with van der Waals surface area (Å²) in [6, 6.07) is 68.2. The van der Waals surface area contributed by atoms with Gasteiger partial charge in [-0.05, 0) is 96.6 Å². The van der Waals surface area contributed by atoms with Crippen LogP contribution in [0.15, 0.2) is 224 Å². The minimum absolute atomic E-state index is 0.296. The SMILES string of the molecule is FC(F)(F)c1ccc(-c2ccc(C3=CC(c4ccccc4)C(c4ccccc4)(c4ccc(-c5ccc(C(F)(F)F)cc5)cc4)C(c4ccccc4)=C3c3ccccc3)cc2)cc1. The fraction of sp³-hybridized carbons (Fsp3) is 0.0714. The Bertz CT molecular complexity index is 2840. The van der Waals surface area contributed by atoms with Gasteiger partial charge in [0.25, 0.3) is 0 Å². The second-order valence-electron chi connectivity index (χ2n) is 15.4. The molecule has 2 atom stereocenters. The van der Waals surface area contributed by atoms with Crippen LogP contribution < -0.4 is 0 Å². The molecular weight excluding hydrogens is 787 g/mol. The second-order valence-corrected chi connectivity index (χ2v) is 15.4. The van der Waals surface area contributed by atoms with Gasteiger partial charge >= 0.3 is 12.4 Å². The van der Waals surface area contributed by atoms with Crippen LogP contribution >= 0.6 is 0 Å². The van der Waals surface area contributed by atoms with Crippen molar-refractivity contribution >= 4 is 16.7 Å². The van der Waals surface area contributed by atoms with Crippen molar-refractivity contribution in [2.75, 3.05) is 0 Å². The van der Waals surface area contributed by atoms with Crippen LogP contribution in [0.1, 0.15) is 50.4 Å². The van der Waals surface area contributed by atoms with Gasteiger partial charge in [-0.3, -0.25) is 0 Å². The monoisotopic (exact) mass is 824 g/mol. The van der Waals surface area contributed by atoms with Crippen molar-refractivity contribution in [3.8, 4) is 22.3 Å². The van der Waals surface area contributed by atoms with E-state index in [-0.39, 0.29) is 5.92 Å². The molecule has 0 saturated carbocycles. The lowest BCUT2D eigenvalue weighted by atomic mass is 9.53. The number of allylic oxidation sites excluding steroid dienone is 4. The Hall–Kier alpha value is -7.18. The molecule has 0 fully saturated rings. The van der Waals surface area contributed by atoms with E-state index in [2.05, 4.69) is 78.9 Å². The topological polar surface area (TPSA) is 0 Å². The van der Waals surface area contributed by atoms with Crippen LogP contribution in [0.2, 0.25) is 0 Å². The van der Waals surface area contributed by atoms with E-state index in [1.54, 1.807) is 0 Å². The summed E-state index contributed by atoms with van der Waals surface area (Å²) in [5, 5.41) is 0. The van der Waals surface area contributed by atoms with Crippen LogP contribution in [0, 0.1) is 0 Å². The van der Waals surface area contributed by atoms with Crippen LogP contribution in [-0.2, 0) is 17.8 Å². The van der Waals surface area contributed by atoms with Gasteiger partial charge in [0, 0.05) is 5.92 Å². The molecule has 0 heterocycles. The minimum atomic E-state index is -4.44. The van der Waals surface area contributed by atoms with Gasteiger partial charge in [0.1, 0.15) is 0 Å². The molecular formula is C56H38F6. The molecule has 0 radical (unpaired) electrons. The molecule has 0 N–H and O–H groups in total. The van der Waals surface area contributed by atoms with E-state index in [1.165, 1.54) is 24.3 Å². The Morgan fingerprint density at radius 1 is 0.323 bits per heavy atom. The highest BCUT2D eigenvalue weighted by atomic mass is 19.4. The zero-order chi connectivity index (χ0) is 42.9. The lowest BCUT2D eigenvalue weighted by Gasteiger charge is -2.48. The zero-order valence-corrected chi connectivity index (χ0v) is 33.2. The van der Waals surface area contributed by atoms with Gasteiger partial charge in [-0.15, -0.1) is 0 Å². The summed E-state index contributed by atoms with van der Waals surface area (Å²) in [6.45, 7) is 0. The fourth-order valence-electron chi connectivity index (χ4n) is 8.98. The Kier molecular flexibility index (Phi) is 10.6. The maximum Gasteiger partial charge on any atom is 0.416 e. The van der Waals surface area contributed by atoms with E-state index < -0.39 is 28.9 Å². The molecule has 6 heteroatoms. The lowest BCUT2D eigenvalue weighted by Crippen LogP contribution is -2.38. The van der Waals surface area contributed by atoms with Crippen LogP contribution in [-0.4, -0.2) is 0 Å². The molecule has 8 aromatic rings. The lowest BCUT2D eigenvalue weighted by molar-refractivity contribution is -0.138. The van der Waals surface area contributed by atoms with Crippen molar-refractivity contribution in [3.63, 3.8) is 0 Å². The van der Waals surface area contributed by atoms with Crippen molar-refractivity contribution in [2.24, 2.45) is 0 Å². The molecule has 8 aromatic carbocycles. The van der Waals surface area contributed by atoms with Crippen molar-refractivity contribution in [1.29, 1.82) is 0 Å². The molecule has 0 amide bonds. The molecule has 0 spiro atoms. The molecule has 1 aliphatic carbocycles. The number of rotatable bonds is 8. The maximum atomic E-state index is 13.5. The van der Waals surface area contributed by atoms with Gasteiger partial charge in [0.2, 0.25) is 0 Å². The number of hydrogen-bond donors (Lipinski definition) is 0. The van der Waals surface area contributed by atoms with Gasteiger partial charge in [0.05, 0.1) is 16.5 Å². The standard InChI is InChI=1S/C56H38F6/c57-55(58,59)48-33-27-40(28-34-48)38-21-23-42(24-22-38)50-37-51(43-13-5-1-6-14-43)54(46-19-11-4-12-20-46,53(45-17-9-3-10-18-45)52(50)44-15-7-2-8-16-44)47-31-25-39(26-32-47)41-29-35-49(36-30-41)56(60,61)62/h1-37,51H. The first-order chi connectivity index (χ1) is 30.0. The Morgan fingerprint density at radius 3 is 1.13 bits per heavy atom. The molecule has 62 heavy (non-hydrogen) atoms. The summed E-state index contributed by atoms with van der Waals surface area (Å²) in [5.74, 6) is -0.296. The van der Waals surface area contributed by atoms with E-state index in [0.29, 0.717) is 11.1 Å². The molecule has 0 aromatic heterocycles. The largest absolute Gasteiger partial charge is 0.416 e. The highest BCUT2D eigenvalue weighted by molar-refractivity contribution is 6.19. The first-order valence-corrected chi connectivity index (χ1v) is 20.3. The van der Waals surface area contributed by atoms with E-state index in [1.807, 2.05) is 97.1 Å². The summed E-state index contributed by atoms with van der Waals surface area (Å²) < 4.78 is 80.8. The molecule has 0 nitrogen and oxygen atoms in total. The van der Waals surface area contributed by atoms with Crippen molar-refractivity contribution in [3.05, 3.63) is 269 Å². The Balaban J connectivity index is 1.32. The normalized spacial score (nSPS) is 16.8. The average Bonchev–Trinajstić information content (AvgIpc) is 3.31. The highest BCUT2D eigenvalue weighted by Crippen LogP contribution is 2.61. The van der Waals surface area contributed by atoms with E-state index in [0.717, 1.165) is 85.5 Å². The molecule has 0 aliphatic heterocycles. The fourth-order valence-corrected chi connectivity index (χ4v) is 8.98. The number of halogens is 6.